The summed E-state index contributed by atoms with van der Waals surface area (Å²) >= 11 is 12.2. The molecule has 116 valence electrons. The molecule has 1 aromatic heterocycles. The first kappa shape index (κ1) is 15.1. The fourth-order valence-corrected chi connectivity index (χ4v) is 2.91. The number of aryl methyl sites for hydroxylation is 1. The van der Waals surface area contributed by atoms with Crippen molar-refractivity contribution in [2.75, 3.05) is 11.9 Å². The number of rotatable bonds is 1. The van der Waals surface area contributed by atoms with Crippen LogP contribution in [0.25, 0.3) is 0 Å². The van der Waals surface area contributed by atoms with E-state index in [4.69, 9.17) is 23.2 Å². The largest absolute Gasteiger partial charge is 0.323 e. The van der Waals surface area contributed by atoms with Gasteiger partial charge in [0.25, 0.3) is 0 Å². The van der Waals surface area contributed by atoms with Gasteiger partial charge in [0.05, 0.1) is 15.7 Å². The minimum Gasteiger partial charge on any atom is -0.320 e. The third-order valence-electron chi connectivity index (χ3n) is 3.91. The molecule has 1 aliphatic rings. The first-order valence-electron chi connectivity index (χ1n) is 6.85. The first-order valence-corrected chi connectivity index (χ1v) is 7.61. The van der Waals surface area contributed by atoms with Crippen LogP contribution in [-0.2, 0) is 20.0 Å². The molecule has 0 bridgehead atoms. The van der Waals surface area contributed by atoms with Gasteiger partial charge in [-0.25, -0.2) is 4.79 Å². The molecule has 0 aliphatic carbocycles. The second-order valence-electron chi connectivity index (χ2n) is 5.25. The predicted octanol–water partition coefficient (Wildman–Crippen LogP) is 3.02. The number of carbonyl (C=O) groups is 1. The lowest BCUT2D eigenvalue weighted by Crippen LogP contribution is -2.39. The fraction of sp³-hybridized carbons (Fsp3) is 0.357. The highest BCUT2D eigenvalue weighted by Gasteiger charge is 2.24. The Bertz CT molecular complexity index is 743. The quantitative estimate of drug-likeness (QED) is 0.868. The lowest BCUT2D eigenvalue weighted by molar-refractivity contribution is 0.206. The molecule has 8 heteroatoms. The number of hydrogen-bond donors (Lipinski definition) is 1. The maximum atomic E-state index is 12.4. The molecule has 0 unspecified atom stereocenters. The average Bonchev–Trinajstić information content (AvgIpc) is 2.82. The molecule has 1 aliphatic heterocycles. The number of amides is 2. The molecule has 1 N–H and O–H groups in total. The number of urea groups is 1. The van der Waals surface area contributed by atoms with Crippen molar-refractivity contribution < 1.29 is 4.79 Å². The number of halogens is 2. The van der Waals surface area contributed by atoms with Crippen molar-refractivity contribution in [3.8, 4) is 0 Å². The molecule has 2 aromatic rings. The maximum Gasteiger partial charge on any atom is 0.323 e. The Balaban J connectivity index is 1.76. The van der Waals surface area contributed by atoms with E-state index in [1.54, 1.807) is 22.7 Å². The van der Waals surface area contributed by atoms with Gasteiger partial charge < -0.3 is 4.90 Å². The van der Waals surface area contributed by atoms with E-state index in [1.807, 2.05) is 13.0 Å². The zero-order valence-electron chi connectivity index (χ0n) is 12.2. The molecule has 2 amide bonds. The van der Waals surface area contributed by atoms with Crippen molar-refractivity contribution in [3.05, 3.63) is 39.0 Å². The van der Waals surface area contributed by atoms with E-state index in [-0.39, 0.29) is 6.03 Å². The first-order chi connectivity index (χ1) is 10.5. The van der Waals surface area contributed by atoms with Gasteiger partial charge >= 0.3 is 6.03 Å². The zero-order chi connectivity index (χ0) is 15.9. The third-order valence-corrected chi connectivity index (χ3v) is 4.75. The van der Waals surface area contributed by atoms with Crippen molar-refractivity contribution in [2.24, 2.45) is 7.05 Å². The Morgan fingerprint density at radius 3 is 2.82 bits per heavy atom. The number of carbonyl (C=O) groups excluding carboxylic acids is 1. The van der Waals surface area contributed by atoms with Crippen molar-refractivity contribution >= 4 is 35.1 Å². The molecular weight excluding hydrogens is 325 g/mol. The average molecular weight is 340 g/mol. The molecule has 22 heavy (non-hydrogen) atoms. The summed E-state index contributed by atoms with van der Waals surface area (Å²) in [6.07, 6.45) is 0.682. The van der Waals surface area contributed by atoms with E-state index in [1.165, 1.54) is 0 Å². The van der Waals surface area contributed by atoms with Crippen molar-refractivity contribution in [1.82, 2.24) is 19.9 Å². The number of aromatic nitrogens is 3. The van der Waals surface area contributed by atoms with Crippen LogP contribution in [0.3, 0.4) is 0 Å². The fourth-order valence-electron chi connectivity index (χ4n) is 2.46. The second-order valence-corrected chi connectivity index (χ2v) is 6.03. The molecule has 0 saturated carbocycles. The normalized spacial score (nSPS) is 13.9. The maximum absolute atomic E-state index is 12.4. The van der Waals surface area contributed by atoms with E-state index >= 15 is 0 Å². The van der Waals surface area contributed by atoms with Gasteiger partial charge in [-0.2, -0.15) is 0 Å². The highest BCUT2D eigenvalue weighted by Crippen LogP contribution is 2.32. The van der Waals surface area contributed by atoms with Gasteiger partial charge in [-0.1, -0.05) is 34.5 Å². The Morgan fingerprint density at radius 1 is 1.36 bits per heavy atom. The van der Waals surface area contributed by atoms with Crippen LogP contribution in [0.2, 0.25) is 10.0 Å². The summed E-state index contributed by atoms with van der Waals surface area (Å²) < 4.78 is 1.61. The smallest absolute Gasteiger partial charge is 0.320 e. The highest BCUT2D eigenvalue weighted by atomic mass is 35.5. The van der Waals surface area contributed by atoms with E-state index < -0.39 is 0 Å². The molecule has 0 atom stereocenters. The van der Waals surface area contributed by atoms with Gasteiger partial charge in [0.2, 0.25) is 0 Å². The molecule has 1 aromatic carbocycles. The standard InChI is InChI=1S/C14H15Cl2N5O/c1-8-13(18-19-20(8)2)17-14(22)21-6-5-10-9(7-21)3-4-11(15)12(10)16/h3-4H,5-7H2,1-2H3,(H,17,22). The summed E-state index contributed by atoms with van der Waals surface area (Å²) in [6, 6.07) is 3.48. The van der Waals surface area contributed by atoms with Crippen LogP contribution in [-0.4, -0.2) is 32.5 Å². The second kappa shape index (κ2) is 5.78. The minimum absolute atomic E-state index is 0.194. The summed E-state index contributed by atoms with van der Waals surface area (Å²) in [7, 11) is 1.78. The highest BCUT2D eigenvalue weighted by molar-refractivity contribution is 6.42. The van der Waals surface area contributed by atoms with E-state index in [0.717, 1.165) is 16.8 Å². The molecular formula is C14H15Cl2N5O. The number of benzene rings is 1. The van der Waals surface area contributed by atoms with Crippen LogP contribution in [0.5, 0.6) is 0 Å². The molecule has 0 radical (unpaired) electrons. The number of nitrogens with one attached hydrogen (secondary N) is 1. The summed E-state index contributed by atoms with van der Waals surface area (Å²) in [5, 5.41) is 11.7. The summed E-state index contributed by atoms with van der Waals surface area (Å²) in [5.74, 6) is 0.479. The molecule has 3 rings (SSSR count). The Labute approximate surface area is 138 Å². The lowest BCUT2D eigenvalue weighted by Gasteiger charge is -2.29. The number of fused-ring (bicyclic) bond motifs is 1. The van der Waals surface area contributed by atoms with Gasteiger partial charge in [-0.05, 0) is 30.5 Å². The Kier molecular flexibility index (Phi) is 3.97. The van der Waals surface area contributed by atoms with E-state index in [0.29, 0.717) is 35.4 Å². The van der Waals surface area contributed by atoms with Crippen LogP contribution in [0.1, 0.15) is 16.8 Å². The van der Waals surface area contributed by atoms with Crippen molar-refractivity contribution in [1.29, 1.82) is 0 Å². The van der Waals surface area contributed by atoms with E-state index in [2.05, 4.69) is 15.6 Å². The number of nitrogens with zero attached hydrogens (tertiary/aromatic N) is 4. The summed E-state index contributed by atoms with van der Waals surface area (Å²) in [4.78, 5) is 14.1. The van der Waals surface area contributed by atoms with Crippen molar-refractivity contribution in [2.45, 2.75) is 19.9 Å². The van der Waals surface area contributed by atoms with E-state index in [9.17, 15) is 4.79 Å². The molecule has 0 saturated heterocycles. The van der Waals surface area contributed by atoms with Gasteiger partial charge in [0, 0.05) is 20.1 Å². The predicted molar refractivity (Wildman–Crippen MR) is 85.3 cm³/mol. The summed E-state index contributed by atoms with van der Waals surface area (Å²) in [5.41, 5.74) is 2.85. The van der Waals surface area contributed by atoms with Gasteiger partial charge in [0.1, 0.15) is 0 Å². The van der Waals surface area contributed by atoms with Crippen LogP contribution < -0.4 is 5.32 Å². The van der Waals surface area contributed by atoms with Gasteiger partial charge in [0.15, 0.2) is 5.82 Å². The molecule has 0 fully saturated rings. The number of hydrogen-bond acceptors (Lipinski definition) is 3. The molecule has 6 nitrogen and oxygen atoms in total. The number of anilines is 1. The van der Waals surface area contributed by atoms with Crippen LogP contribution in [0.4, 0.5) is 10.6 Å². The molecule has 0 spiro atoms. The monoisotopic (exact) mass is 339 g/mol. The van der Waals surface area contributed by atoms with Crippen molar-refractivity contribution in [3.63, 3.8) is 0 Å². The molecule has 2 heterocycles. The van der Waals surface area contributed by atoms with Crippen LogP contribution in [0, 0.1) is 6.92 Å². The van der Waals surface area contributed by atoms with Crippen LogP contribution >= 0.6 is 23.2 Å². The van der Waals surface area contributed by atoms with Crippen LogP contribution in [0.15, 0.2) is 12.1 Å². The van der Waals surface area contributed by atoms with Gasteiger partial charge in [-0.3, -0.25) is 10.00 Å². The zero-order valence-corrected chi connectivity index (χ0v) is 13.7. The summed E-state index contributed by atoms with van der Waals surface area (Å²) in [6.45, 7) is 2.93. The SMILES string of the molecule is Cc1c(NC(=O)N2CCc3c(ccc(Cl)c3Cl)C2)nnn1C. The minimum atomic E-state index is -0.194. The Hall–Kier alpha value is -1.79. The lowest BCUT2D eigenvalue weighted by atomic mass is 10.00. The third kappa shape index (κ3) is 2.64. The van der Waals surface area contributed by atoms with Gasteiger partial charge in [-0.15, -0.1) is 5.10 Å². The topological polar surface area (TPSA) is 63.1 Å². The Morgan fingerprint density at radius 2 is 2.14 bits per heavy atom.